The predicted octanol–water partition coefficient (Wildman–Crippen LogP) is -2.64. The van der Waals surface area contributed by atoms with Crippen LogP contribution in [0.2, 0.25) is 0 Å². The van der Waals surface area contributed by atoms with Gasteiger partial charge in [0.05, 0.1) is 0 Å². The Morgan fingerprint density at radius 2 is 1.00 bits per heavy atom. The fourth-order valence-corrected chi connectivity index (χ4v) is 0. The van der Waals surface area contributed by atoms with Gasteiger partial charge < -0.3 is 0 Å². The maximum Gasteiger partial charge on any atom is 0 e. The molecule has 0 aliphatic carbocycles. The molecule has 0 heterocycles. The zero-order chi connectivity index (χ0) is 0. The van der Waals surface area contributed by atoms with E-state index in [-0.39, 0.29) is 66.1 Å². The van der Waals surface area contributed by atoms with Crippen molar-refractivity contribution in [3.05, 3.63) is 0 Å². The summed E-state index contributed by atoms with van der Waals surface area (Å²) in [6.45, 7) is 0. The van der Waals surface area contributed by atoms with Crippen LogP contribution in [0.15, 0.2) is 0 Å². The van der Waals surface area contributed by atoms with Gasteiger partial charge in [0.1, 0.15) is 0 Å². The van der Waals surface area contributed by atoms with Crippen LogP contribution in [0.25, 0.3) is 0 Å². The van der Waals surface area contributed by atoms with Crippen LogP contribution in [0.5, 0.6) is 0 Å². The molecule has 0 saturated carbocycles. The van der Waals surface area contributed by atoms with Crippen LogP contribution >= 0.6 is 0 Å². The topological polar surface area (TPSA) is 0 Å². The van der Waals surface area contributed by atoms with Crippen LogP contribution < -0.4 is 0 Å². The molecule has 0 saturated heterocycles. The third-order valence-corrected chi connectivity index (χ3v) is 0. The van der Waals surface area contributed by atoms with E-state index < -0.39 is 0 Å². The summed E-state index contributed by atoms with van der Waals surface area (Å²) in [6, 6.07) is 0. The molecule has 0 atom stereocenters. The van der Waals surface area contributed by atoms with Gasteiger partial charge in [-0.3, -0.25) is 0 Å². The van der Waals surface area contributed by atoms with E-state index in [2.05, 4.69) is 0 Å². The zero-order valence-electron chi connectivity index (χ0n) is 0.781. The Morgan fingerprint density at radius 3 is 1.00 bits per heavy atom. The molecular formula is H7CoGaSiV. The van der Waals surface area contributed by atoms with Gasteiger partial charge in [-0.2, -0.15) is 0 Å². The van der Waals surface area contributed by atoms with Crippen LogP contribution in [0.4, 0.5) is 0 Å². The summed E-state index contributed by atoms with van der Waals surface area (Å²) in [6.07, 6.45) is 0. The first-order valence-corrected chi connectivity index (χ1v) is 0. The van der Waals surface area contributed by atoms with Crippen molar-refractivity contribution in [1.29, 1.82) is 0 Å². The van der Waals surface area contributed by atoms with Crippen molar-refractivity contribution in [2.75, 3.05) is 0 Å². The monoisotopic (exact) mass is 214 g/mol. The van der Waals surface area contributed by atoms with E-state index >= 15 is 0 Å². The quantitative estimate of drug-likeness (QED) is 0.387. The van der Waals surface area contributed by atoms with Gasteiger partial charge in [-0.25, -0.2) is 0 Å². The molecule has 0 nitrogen and oxygen atoms in total. The summed E-state index contributed by atoms with van der Waals surface area (Å²) in [5.41, 5.74) is 0. The van der Waals surface area contributed by atoms with Crippen LogP contribution in [0.3, 0.4) is 0 Å². The second kappa shape index (κ2) is 20.3. The molecule has 0 bridgehead atoms. The summed E-state index contributed by atoms with van der Waals surface area (Å²) < 4.78 is 0. The first kappa shape index (κ1) is 38.4. The fraction of sp³-hybridized carbons (Fsp3) is 0. The van der Waals surface area contributed by atoms with E-state index in [4.69, 9.17) is 0 Å². The summed E-state index contributed by atoms with van der Waals surface area (Å²) in [7, 11) is 0. The normalized spacial score (nSPS) is 0. The largest absolute Gasteiger partial charge is 0.0149 e. The molecule has 0 fully saturated rings. The van der Waals surface area contributed by atoms with Crippen LogP contribution in [-0.4, -0.2) is 30.8 Å². The fourth-order valence-electron chi connectivity index (χ4n) is 0. The molecule has 4 heteroatoms. The first-order valence-electron chi connectivity index (χ1n) is 0. The molecule has 0 N–H and O–H groups in total. The van der Waals surface area contributed by atoms with E-state index in [1.54, 1.807) is 0 Å². The first-order chi connectivity index (χ1) is 0. The van der Waals surface area contributed by atoms with Crippen LogP contribution in [-0.2, 0) is 35.3 Å². The van der Waals surface area contributed by atoms with Crippen molar-refractivity contribution < 1.29 is 35.3 Å². The van der Waals surface area contributed by atoms with Gasteiger partial charge in [-0.15, -0.1) is 0 Å². The third-order valence-electron chi connectivity index (χ3n) is 0. The average molecular weight is 215 g/mol. The molecule has 0 spiro atoms. The molecule has 0 amide bonds. The van der Waals surface area contributed by atoms with Gasteiger partial charge in [0.15, 0.2) is 0 Å². The molecule has 0 aromatic rings. The van der Waals surface area contributed by atoms with Crippen molar-refractivity contribution >= 4 is 30.8 Å². The third kappa shape index (κ3) is 9.05. The van der Waals surface area contributed by atoms with Crippen LogP contribution in [0.1, 0.15) is 0 Å². The molecular weight excluding hydrogens is 208 g/mol. The van der Waals surface area contributed by atoms with Crippen molar-refractivity contribution in [3.63, 3.8) is 0 Å². The summed E-state index contributed by atoms with van der Waals surface area (Å²) >= 11 is 0. The Hall–Kier alpha value is 1.94. The maximum atomic E-state index is 0. The molecule has 0 rings (SSSR count). The maximum absolute atomic E-state index is 0. The Bertz CT molecular complexity index is 8.00. The zero-order valence-corrected chi connectivity index (χ0v) is 3.22. The molecule has 0 aliphatic heterocycles. The van der Waals surface area contributed by atoms with Gasteiger partial charge in [0.2, 0.25) is 0 Å². The minimum absolute atomic E-state index is 0. The van der Waals surface area contributed by atoms with E-state index in [0.717, 1.165) is 0 Å². The van der Waals surface area contributed by atoms with Gasteiger partial charge in [0.25, 0.3) is 0 Å². The van der Waals surface area contributed by atoms with Gasteiger partial charge in [0, 0.05) is 35.3 Å². The van der Waals surface area contributed by atoms with E-state index in [1.165, 1.54) is 0 Å². The molecule has 0 aromatic carbocycles. The summed E-state index contributed by atoms with van der Waals surface area (Å²) in [5, 5.41) is 0. The Morgan fingerprint density at radius 1 is 1.00 bits per heavy atom. The van der Waals surface area contributed by atoms with E-state index in [0.29, 0.717) is 0 Å². The second-order valence-electron chi connectivity index (χ2n) is 0. The van der Waals surface area contributed by atoms with Crippen molar-refractivity contribution in [3.8, 4) is 0 Å². The van der Waals surface area contributed by atoms with Crippen molar-refractivity contribution in [2.24, 2.45) is 0 Å². The van der Waals surface area contributed by atoms with E-state index in [1.807, 2.05) is 0 Å². The van der Waals surface area contributed by atoms with Crippen LogP contribution in [0, 0.1) is 0 Å². The minimum atomic E-state index is 0. The van der Waals surface area contributed by atoms with Crippen molar-refractivity contribution in [1.82, 2.24) is 0 Å². The molecule has 0 aliphatic rings. The Balaban J connectivity index is 0. The molecule has 4 heavy (non-hydrogen) atoms. The standard InChI is InChI=1S/Co.Ga.H4Si.V.3H/h;;1H4;;;;. The number of hydrogen-bond acceptors (Lipinski definition) is 0. The summed E-state index contributed by atoms with van der Waals surface area (Å²) in [4.78, 5) is 0. The number of rotatable bonds is 0. The predicted molar refractivity (Wildman–Crippen MR) is 21.3 cm³/mol. The minimum Gasteiger partial charge on any atom is -0.0149 e. The van der Waals surface area contributed by atoms with E-state index in [9.17, 15) is 0 Å². The van der Waals surface area contributed by atoms with Gasteiger partial charge in [-0.05, 0) is 11.0 Å². The smallest absolute Gasteiger partial charge is 0 e. The number of hydrogen-bond donors (Lipinski definition) is 0. The summed E-state index contributed by atoms with van der Waals surface area (Å²) in [5.74, 6) is 0. The molecule has 0 unspecified atom stereocenters. The van der Waals surface area contributed by atoms with Gasteiger partial charge in [-0.1, -0.05) is 0 Å². The Labute approximate surface area is 65.6 Å². The average Bonchev–Trinajstić information content (AvgIpc) is 0. The molecule has 2 radical (unpaired) electrons. The molecule has 28 valence electrons. The SMILES string of the molecule is [Co].[GaH3].[SiH4].[V]. The second-order valence-corrected chi connectivity index (χ2v) is 0. The molecule has 0 aromatic heterocycles. The Kier molecular flexibility index (Phi) is 196. The van der Waals surface area contributed by atoms with Gasteiger partial charge >= 0.3 is 19.8 Å². The van der Waals surface area contributed by atoms with Crippen molar-refractivity contribution in [2.45, 2.75) is 0 Å².